The van der Waals surface area contributed by atoms with Crippen LogP contribution in [0.15, 0.2) is 18.2 Å². The Labute approximate surface area is 97.2 Å². The van der Waals surface area contributed by atoms with Crippen molar-refractivity contribution in [3.8, 4) is 0 Å². The zero-order valence-electron chi connectivity index (χ0n) is 9.36. The number of nitrogens with one attached hydrogen (secondary N) is 1. The van der Waals surface area contributed by atoms with Crippen molar-refractivity contribution in [2.45, 2.75) is 20.0 Å². The molecule has 0 bridgehead atoms. The van der Waals surface area contributed by atoms with Gasteiger partial charge in [-0.1, -0.05) is 0 Å². The van der Waals surface area contributed by atoms with Crippen LogP contribution in [-0.2, 0) is 4.74 Å². The molecule has 1 aromatic carbocycles. The number of ether oxygens (including phenoxy) is 1. The first-order valence-electron chi connectivity index (χ1n) is 4.90. The van der Waals surface area contributed by atoms with Crippen molar-refractivity contribution in [3.05, 3.63) is 29.6 Å². The minimum Gasteiger partial charge on any atom is -0.478 e. The molecule has 5 nitrogen and oxygen atoms in total. The normalized spacial score (nSPS) is 10.1. The van der Waals surface area contributed by atoms with Crippen molar-refractivity contribution in [2.24, 2.45) is 0 Å². The van der Waals surface area contributed by atoms with Gasteiger partial charge in [0.25, 0.3) is 0 Å². The van der Waals surface area contributed by atoms with Crippen LogP contribution in [0.5, 0.6) is 0 Å². The van der Waals surface area contributed by atoms with Crippen LogP contribution < -0.4 is 5.32 Å². The number of hydrogen-bond donors (Lipinski definition) is 2. The highest BCUT2D eigenvalue weighted by Crippen LogP contribution is 2.17. The van der Waals surface area contributed by atoms with Gasteiger partial charge in [0, 0.05) is 0 Å². The molecule has 0 aliphatic heterocycles. The number of aromatic carboxylic acids is 1. The number of carbonyl (C=O) groups is 2. The highest BCUT2D eigenvalue weighted by molar-refractivity contribution is 5.98. The summed E-state index contributed by atoms with van der Waals surface area (Å²) in [5.74, 6) is -1.90. The summed E-state index contributed by atoms with van der Waals surface area (Å²) in [6.45, 7) is 3.28. The predicted molar refractivity (Wildman–Crippen MR) is 58.6 cm³/mol. The number of rotatable bonds is 3. The monoisotopic (exact) mass is 241 g/mol. The maximum Gasteiger partial charge on any atom is 0.411 e. The maximum atomic E-state index is 12.9. The van der Waals surface area contributed by atoms with Gasteiger partial charge in [0.15, 0.2) is 0 Å². The van der Waals surface area contributed by atoms with Crippen LogP contribution >= 0.6 is 0 Å². The average molecular weight is 241 g/mol. The lowest BCUT2D eigenvalue weighted by Crippen LogP contribution is -2.19. The van der Waals surface area contributed by atoms with E-state index >= 15 is 0 Å². The van der Waals surface area contributed by atoms with Crippen LogP contribution in [0, 0.1) is 5.82 Å². The summed E-state index contributed by atoms with van der Waals surface area (Å²) >= 11 is 0. The summed E-state index contributed by atoms with van der Waals surface area (Å²) in [4.78, 5) is 22.1. The average Bonchev–Trinajstić information content (AvgIpc) is 2.15. The first-order chi connectivity index (χ1) is 7.90. The third-order valence-electron chi connectivity index (χ3n) is 1.79. The Bertz CT molecular complexity index is 445. The lowest BCUT2D eigenvalue weighted by Gasteiger charge is -2.11. The molecule has 0 aromatic heterocycles. The number of benzene rings is 1. The first kappa shape index (κ1) is 13.0. The third-order valence-corrected chi connectivity index (χ3v) is 1.79. The smallest absolute Gasteiger partial charge is 0.411 e. The van der Waals surface area contributed by atoms with E-state index in [2.05, 4.69) is 5.32 Å². The fourth-order valence-corrected chi connectivity index (χ4v) is 1.16. The zero-order valence-corrected chi connectivity index (χ0v) is 9.36. The maximum absolute atomic E-state index is 12.9. The molecule has 1 rings (SSSR count). The Morgan fingerprint density at radius 3 is 2.59 bits per heavy atom. The van der Waals surface area contributed by atoms with E-state index in [1.54, 1.807) is 13.8 Å². The van der Waals surface area contributed by atoms with Gasteiger partial charge in [-0.3, -0.25) is 5.32 Å². The molecule has 0 aliphatic rings. The topological polar surface area (TPSA) is 75.6 Å². The van der Waals surface area contributed by atoms with E-state index < -0.39 is 17.9 Å². The molecule has 0 saturated carbocycles. The van der Waals surface area contributed by atoms with Crippen LogP contribution in [0.1, 0.15) is 24.2 Å². The van der Waals surface area contributed by atoms with Crippen molar-refractivity contribution >= 4 is 17.7 Å². The number of anilines is 1. The second kappa shape index (κ2) is 5.29. The summed E-state index contributed by atoms with van der Waals surface area (Å²) in [6.07, 6.45) is -1.18. The Morgan fingerprint density at radius 1 is 1.41 bits per heavy atom. The SMILES string of the molecule is CC(C)OC(=O)Nc1cc(F)ccc1C(=O)O. The number of carboxylic acids is 1. The third kappa shape index (κ3) is 3.75. The van der Waals surface area contributed by atoms with Gasteiger partial charge < -0.3 is 9.84 Å². The van der Waals surface area contributed by atoms with E-state index in [0.29, 0.717) is 0 Å². The van der Waals surface area contributed by atoms with E-state index in [1.165, 1.54) is 0 Å². The molecule has 0 aliphatic carbocycles. The molecule has 0 saturated heterocycles. The Hall–Kier alpha value is -2.11. The zero-order chi connectivity index (χ0) is 13.0. The van der Waals surface area contributed by atoms with Crippen LogP contribution in [0.25, 0.3) is 0 Å². The van der Waals surface area contributed by atoms with Gasteiger partial charge in [-0.15, -0.1) is 0 Å². The Balaban J connectivity index is 2.92. The molecule has 92 valence electrons. The minimum atomic E-state index is -1.26. The molecular weight excluding hydrogens is 229 g/mol. The highest BCUT2D eigenvalue weighted by atomic mass is 19.1. The number of hydrogen-bond acceptors (Lipinski definition) is 3. The number of halogens is 1. The molecule has 1 amide bonds. The number of carboxylic acid groups (broad SMARTS) is 1. The minimum absolute atomic E-state index is 0.136. The van der Waals surface area contributed by atoms with Crippen LogP contribution in [-0.4, -0.2) is 23.3 Å². The molecule has 17 heavy (non-hydrogen) atoms. The van der Waals surface area contributed by atoms with Gasteiger partial charge in [0.2, 0.25) is 0 Å². The quantitative estimate of drug-likeness (QED) is 0.852. The van der Waals surface area contributed by atoms with E-state index in [9.17, 15) is 14.0 Å². The van der Waals surface area contributed by atoms with Crippen LogP contribution in [0.2, 0.25) is 0 Å². The largest absolute Gasteiger partial charge is 0.478 e. The van der Waals surface area contributed by atoms with Gasteiger partial charge in [-0.2, -0.15) is 0 Å². The molecule has 6 heteroatoms. The number of amides is 1. The first-order valence-corrected chi connectivity index (χ1v) is 4.90. The van der Waals surface area contributed by atoms with Gasteiger partial charge in [-0.25, -0.2) is 14.0 Å². The van der Waals surface area contributed by atoms with Crippen molar-refractivity contribution in [2.75, 3.05) is 5.32 Å². The summed E-state index contributed by atoms with van der Waals surface area (Å²) in [5.41, 5.74) is -0.338. The van der Waals surface area contributed by atoms with Gasteiger partial charge in [0.1, 0.15) is 5.82 Å². The van der Waals surface area contributed by atoms with Crippen LogP contribution in [0.4, 0.5) is 14.9 Å². The molecule has 0 fully saturated rings. The van der Waals surface area contributed by atoms with Gasteiger partial charge in [0.05, 0.1) is 17.4 Å². The Kier molecular flexibility index (Phi) is 4.03. The fraction of sp³-hybridized carbons (Fsp3) is 0.273. The second-order valence-electron chi connectivity index (χ2n) is 3.57. The molecule has 0 unspecified atom stereocenters. The highest BCUT2D eigenvalue weighted by Gasteiger charge is 2.14. The molecule has 0 atom stereocenters. The lowest BCUT2D eigenvalue weighted by atomic mass is 10.2. The Morgan fingerprint density at radius 2 is 2.06 bits per heavy atom. The fourth-order valence-electron chi connectivity index (χ4n) is 1.16. The van der Waals surface area contributed by atoms with E-state index in [-0.39, 0.29) is 17.4 Å². The van der Waals surface area contributed by atoms with Crippen molar-refractivity contribution in [3.63, 3.8) is 0 Å². The van der Waals surface area contributed by atoms with E-state index in [4.69, 9.17) is 9.84 Å². The molecular formula is C11H12FNO4. The summed E-state index contributed by atoms with van der Waals surface area (Å²) in [7, 11) is 0. The van der Waals surface area contributed by atoms with Crippen molar-refractivity contribution < 1.29 is 23.8 Å². The van der Waals surface area contributed by atoms with E-state index in [0.717, 1.165) is 18.2 Å². The summed E-state index contributed by atoms with van der Waals surface area (Å²) in [6, 6.07) is 3.00. The van der Waals surface area contributed by atoms with E-state index in [1.807, 2.05) is 0 Å². The number of carbonyl (C=O) groups excluding carboxylic acids is 1. The molecule has 0 heterocycles. The van der Waals surface area contributed by atoms with Gasteiger partial charge in [-0.05, 0) is 32.0 Å². The van der Waals surface area contributed by atoms with Crippen LogP contribution in [0.3, 0.4) is 0 Å². The summed E-state index contributed by atoms with van der Waals surface area (Å²) in [5, 5.41) is 11.0. The lowest BCUT2D eigenvalue weighted by molar-refractivity contribution is 0.0698. The van der Waals surface area contributed by atoms with Crippen molar-refractivity contribution in [1.29, 1.82) is 0 Å². The van der Waals surface area contributed by atoms with Gasteiger partial charge >= 0.3 is 12.1 Å². The van der Waals surface area contributed by atoms with Crippen molar-refractivity contribution in [1.82, 2.24) is 0 Å². The second-order valence-corrected chi connectivity index (χ2v) is 3.57. The molecule has 0 spiro atoms. The molecule has 2 N–H and O–H groups in total. The summed E-state index contributed by atoms with van der Waals surface area (Å²) < 4.78 is 17.7. The molecule has 1 aromatic rings. The molecule has 0 radical (unpaired) electrons. The standard InChI is InChI=1S/C11H12FNO4/c1-6(2)17-11(16)13-9-5-7(12)3-4-8(9)10(14)15/h3-6H,1-2H3,(H,13,16)(H,14,15). The predicted octanol–water partition coefficient (Wildman–Crippen LogP) is 2.48.